The van der Waals surface area contributed by atoms with Crippen LogP contribution < -0.4 is 5.32 Å². The molecule has 0 aliphatic carbocycles. The van der Waals surface area contributed by atoms with Crippen molar-refractivity contribution < 1.29 is 4.79 Å². The highest BCUT2D eigenvalue weighted by molar-refractivity contribution is 5.90. The van der Waals surface area contributed by atoms with Gasteiger partial charge in [0.1, 0.15) is 0 Å². The molecule has 1 unspecified atom stereocenters. The van der Waals surface area contributed by atoms with Gasteiger partial charge in [0.05, 0.1) is 6.20 Å². The van der Waals surface area contributed by atoms with Crippen LogP contribution in [0.5, 0.6) is 0 Å². The largest absolute Gasteiger partial charge is 0.324 e. The van der Waals surface area contributed by atoms with E-state index in [0.717, 1.165) is 50.1 Å². The fourth-order valence-electron chi connectivity index (χ4n) is 3.80. The summed E-state index contributed by atoms with van der Waals surface area (Å²) in [6.45, 7) is 2.33. The highest BCUT2D eigenvalue weighted by Gasteiger charge is 2.24. The number of anilines is 1. The van der Waals surface area contributed by atoms with Gasteiger partial charge in [-0.3, -0.25) is 4.68 Å². The van der Waals surface area contributed by atoms with Crippen molar-refractivity contribution in [3.8, 4) is 0 Å². The van der Waals surface area contributed by atoms with E-state index in [2.05, 4.69) is 33.8 Å². The summed E-state index contributed by atoms with van der Waals surface area (Å²) in [6, 6.07) is 18.3. The minimum Gasteiger partial charge on any atom is -0.324 e. The summed E-state index contributed by atoms with van der Waals surface area (Å²) in [5.74, 6) is 0.403. The van der Waals surface area contributed by atoms with Crippen LogP contribution in [0.1, 0.15) is 24.0 Å². The Morgan fingerprint density at radius 2 is 1.93 bits per heavy atom. The number of hydrogen-bond donors (Lipinski definition) is 1. The number of likely N-dealkylation sites (tertiary alicyclic amines) is 1. The zero-order valence-corrected chi connectivity index (χ0v) is 15.9. The molecule has 1 aromatic heterocycles. The van der Waals surface area contributed by atoms with E-state index in [1.807, 2.05) is 52.2 Å². The van der Waals surface area contributed by atoms with E-state index in [4.69, 9.17) is 0 Å². The molecule has 0 saturated carbocycles. The van der Waals surface area contributed by atoms with Crippen molar-refractivity contribution in [2.24, 2.45) is 5.92 Å². The van der Waals surface area contributed by atoms with E-state index in [0.29, 0.717) is 5.92 Å². The van der Waals surface area contributed by atoms with Gasteiger partial charge in [-0.1, -0.05) is 53.7 Å². The van der Waals surface area contributed by atoms with Gasteiger partial charge in [0.2, 0.25) is 0 Å². The van der Waals surface area contributed by atoms with Gasteiger partial charge in [-0.2, -0.15) is 0 Å². The summed E-state index contributed by atoms with van der Waals surface area (Å²) in [7, 11) is 0. The van der Waals surface area contributed by atoms with Crippen LogP contribution in [-0.4, -0.2) is 39.0 Å². The van der Waals surface area contributed by atoms with Gasteiger partial charge in [0.25, 0.3) is 0 Å². The van der Waals surface area contributed by atoms with Gasteiger partial charge in [-0.15, -0.1) is 5.10 Å². The smallest absolute Gasteiger partial charge is 0.321 e. The zero-order valence-electron chi connectivity index (χ0n) is 15.9. The van der Waals surface area contributed by atoms with Gasteiger partial charge in [0, 0.05) is 31.5 Å². The molecule has 3 aromatic rings. The third kappa shape index (κ3) is 4.57. The fourth-order valence-corrected chi connectivity index (χ4v) is 3.80. The van der Waals surface area contributed by atoms with Crippen molar-refractivity contribution in [2.45, 2.75) is 25.8 Å². The summed E-state index contributed by atoms with van der Waals surface area (Å²) in [4.78, 5) is 14.8. The van der Waals surface area contributed by atoms with Gasteiger partial charge in [0.15, 0.2) is 0 Å². The molecule has 4 rings (SSSR count). The van der Waals surface area contributed by atoms with Gasteiger partial charge in [-0.25, -0.2) is 4.79 Å². The number of aromatic nitrogens is 3. The number of carbonyl (C=O) groups excluding carboxylic acids is 1. The number of urea groups is 1. The highest BCUT2D eigenvalue weighted by Crippen LogP contribution is 2.22. The minimum atomic E-state index is -0.0243. The summed E-state index contributed by atoms with van der Waals surface area (Å²) in [6.07, 6.45) is 6.48. The van der Waals surface area contributed by atoms with Crippen molar-refractivity contribution >= 4 is 11.7 Å². The summed E-state index contributed by atoms with van der Waals surface area (Å²) in [5, 5.41) is 11.0. The van der Waals surface area contributed by atoms with E-state index in [1.54, 1.807) is 6.20 Å². The molecule has 0 spiro atoms. The van der Waals surface area contributed by atoms with Crippen LogP contribution >= 0.6 is 0 Å². The summed E-state index contributed by atoms with van der Waals surface area (Å²) in [5.41, 5.74) is 3.24. The van der Waals surface area contributed by atoms with Crippen molar-refractivity contribution in [1.29, 1.82) is 0 Å². The van der Waals surface area contributed by atoms with Crippen LogP contribution in [0.15, 0.2) is 67.0 Å². The van der Waals surface area contributed by atoms with Gasteiger partial charge >= 0.3 is 6.03 Å². The number of nitrogens with zero attached hydrogens (tertiary/aromatic N) is 4. The van der Waals surface area contributed by atoms with Crippen LogP contribution in [0.3, 0.4) is 0 Å². The number of benzene rings is 2. The number of carbonyl (C=O) groups is 1. The second kappa shape index (κ2) is 8.69. The Kier molecular flexibility index (Phi) is 5.66. The molecule has 1 aliphatic rings. The molecule has 0 radical (unpaired) electrons. The Hall–Kier alpha value is -3.15. The molecule has 2 amide bonds. The van der Waals surface area contributed by atoms with Crippen molar-refractivity contribution in [1.82, 2.24) is 19.9 Å². The molecule has 144 valence electrons. The normalized spacial score (nSPS) is 16.7. The second-order valence-corrected chi connectivity index (χ2v) is 7.33. The van der Waals surface area contributed by atoms with Crippen LogP contribution in [0, 0.1) is 5.92 Å². The van der Waals surface area contributed by atoms with Crippen molar-refractivity contribution in [3.05, 3.63) is 78.1 Å². The lowest BCUT2D eigenvalue weighted by Crippen LogP contribution is -2.43. The third-order valence-electron chi connectivity index (χ3n) is 5.22. The monoisotopic (exact) mass is 375 g/mol. The molecular formula is C22H25N5O. The molecule has 6 nitrogen and oxygen atoms in total. The Bertz CT molecular complexity index is 894. The van der Waals surface area contributed by atoms with Crippen LogP contribution in [0.2, 0.25) is 0 Å². The first-order valence-corrected chi connectivity index (χ1v) is 9.80. The molecule has 2 heterocycles. The number of piperidine rings is 1. The van der Waals surface area contributed by atoms with E-state index in [-0.39, 0.29) is 6.03 Å². The average molecular weight is 375 g/mol. The number of nitrogens with one attached hydrogen (secondary N) is 1. The molecule has 0 bridgehead atoms. The Morgan fingerprint density at radius 3 is 2.75 bits per heavy atom. The fraction of sp³-hybridized carbons (Fsp3) is 0.318. The van der Waals surface area contributed by atoms with Crippen molar-refractivity contribution in [2.75, 3.05) is 18.4 Å². The maximum absolute atomic E-state index is 12.9. The van der Waals surface area contributed by atoms with E-state index >= 15 is 0 Å². The SMILES string of the molecule is O=C(Nc1ccccc1Cc1ccccc1)N1CCCC(Cn2ccnn2)C1. The molecule has 1 aliphatic heterocycles. The zero-order chi connectivity index (χ0) is 19.2. The first kappa shape index (κ1) is 18.2. The topological polar surface area (TPSA) is 63.1 Å². The van der Waals surface area contributed by atoms with Gasteiger partial charge in [-0.05, 0) is 42.4 Å². The van der Waals surface area contributed by atoms with E-state index in [9.17, 15) is 4.79 Å². The van der Waals surface area contributed by atoms with E-state index in [1.165, 1.54) is 5.56 Å². The predicted octanol–water partition coefficient (Wildman–Crippen LogP) is 3.81. The van der Waals surface area contributed by atoms with Crippen LogP contribution in [-0.2, 0) is 13.0 Å². The highest BCUT2D eigenvalue weighted by atomic mass is 16.2. The minimum absolute atomic E-state index is 0.0243. The summed E-state index contributed by atoms with van der Waals surface area (Å²) < 4.78 is 1.85. The quantitative estimate of drug-likeness (QED) is 0.737. The van der Waals surface area contributed by atoms with Crippen molar-refractivity contribution in [3.63, 3.8) is 0 Å². The molecule has 1 atom stereocenters. The Labute approximate surface area is 165 Å². The standard InChI is InChI=1S/C22H25N5O/c28-22(26-13-6-9-19(16-26)17-27-14-12-23-25-27)24-21-11-5-4-10-20(21)15-18-7-2-1-3-8-18/h1-5,7-8,10-12,14,19H,6,9,13,15-17H2,(H,24,28). The lowest BCUT2D eigenvalue weighted by Gasteiger charge is -2.32. The number of para-hydroxylation sites is 1. The number of amides is 2. The average Bonchev–Trinajstić information content (AvgIpc) is 3.23. The summed E-state index contributed by atoms with van der Waals surface area (Å²) >= 11 is 0. The predicted molar refractivity (Wildman–Crippen MR) is 109 cm³/mol. The third-order valence-corrected chi connectivity index (χ3v) is 5.22. The number of hydrogen-bond acceptors (Lipinski definition) is 3. The lowest BCUT2D eigenvalue weighted by atomic mass is 9.98. The second-order valence-electron chi connectivity index (χ2n) is 7.33. The lowest BCUT2D eigenvalue weighted by molar-refractivity contribution is 0.168. The molecule has 6 heteroatoms. The Morgan fingerprint density at radius 1 is 1.11 bits per heavy atom. The molecule has 2 aromatic carbocycles. The molecule has 1 N–H and O–H groups in total. The molecular weight excluding hydrogens is 350 g/mol. The molecule has 28 heavy (non-hydrogen) atoms. The van der Waals surface area contributed by atoms with Gasteiger partial charge < -0.3 is 10.2 Å². The van der Waals surface area contributed by atoms with E-state index < -0.39 is 0 Å². The van der Waals surface area contributed by atoms with Crippen LogP contribution in [0.25, 0.3) is 0 Å². The maximum atomic E-state index is 12.9. The first-order chi connectivity index (χ1) is 13.8. The Balaban J connectivity index is 1.40. The molecule has 1 saturated heterocycles. The van der Waals surface area contributed by atoms with Crippen LogP contribution in [0.4, 0.5) is 10.5 Å². The number of rotatable bonds is 5. The maximum Gasteiger partial charge on any atom is 0.321 e. The first-order valence-electron chi connectivity index (χ1n) is 9.80. The molecule has 1 fully saturated rings.